The van der Waals surface area contributed by atoms with E-state index in [2.05, 4.69) is 45.7 Å². The number of urea groups is 3. The first-order valence-corrected chi connectivity index (χ1v) is 15.8. The van der Waals surface area contributed by atoms with E-state index in [4.69, 9.17) is 54.1 Å². The van der Waals surface area contributed by atoms with Gasteiger partial charge in [0, 0.05) is 47.7 Å². The van der Waals surface area contributed by atoms with E-state index in [1.807, 2.05) is 12.1 Å². The Morgan fingerprint density at radius 1 is 0.625 bits per heavy atom. The molecule has 3 aromatic rings. The van der Waals surface area contributed by atoms with Gasteiger partial charge in [-0.25, -0.2) is 29.6 Å². The lowest BCUT2D eigenvalue weighted by atomic mass is 10.0. The molecule has 3 rings (SSSR count). The molecule has 13 nitrogen and oxygen atoms in total. The van der Waals surface area contributed by atoms with E-state index in [0.29, 0.717) is 43.8 Å². The number of carbonyl (C=O) groups is 3. The molecule has 0 aromatic heterocycles. The summed E-state index contributed by atoms with van der Waals surface area (Å²) in [5, 5.41) is 12.8. The monoisotopic (exact) mass is 792 g/mol. The molecule has 0 heterocycles. The van der Waals surface area contributed by atoms with Crippen LogP contribution in [0, 0.1) is 0 Å². The fourth-order valence-electron chi connectivity index (χ4n) is 3.25. The van der Waals surface area contributed by atoms with Crippen molar-refractivity contribution >= 4 is 85.9 Å². The van der Waals surface area contributed by atoms with Crippen molar-refractivity contribution in [3.8, 4) is 5.75 Å². The van der Waals surface area contributed by atoms with E-state index < -0.39 is 0 Å². The number of hydroxylamine groups is 6. The second-order valence-corrected chi connectivity index (χ2v) is 11.8. The number of amides is 6. The average Bonchev–Trinajstić information content (AvgIpc) is 3.05. The smallest absolute Gasteiger partial charge is 0.345 e. The predicted molar refractivity (Wildman–Crippen MR) is 194 cm³/mol. The first-order valence-electron chi connectivity index (χ1n) is 13.9. The van der Waals surface area contributed by atoms with Gasteiger partial charge >= 0.3 is 18.1 Å². The Morgan fingerprint density at radius 3 is 1.33 bits per heavy atom. The third kappa shape index (κ3) is 14.3. The topological polar surface area (TPSA) is 134 Å². The molecule has 0 unspecified atom stereocenters. The summed E-state index contributed by atoms with van der Waals surface area (Å²) in [5.41, 5.74) is 2.88. The summed E-state index contributed by atoms with van der Waals surface area (Å²) >= 11 is 21.2. The summed E-state index contributed by atoms with van der Waals surface area (Å²) < 4.78 is 5.77. The van der Waals surface area contributed by atoms with Crippen LogP contribution in [-0.4, -0.2) is 82.9 Å². The lowest BCUT2D eigenvalue weighted by Gasteiger charge is -2.15. The summed E-state index contributed by atoms with van der Waals surface area (Å²) in [4.78, 5) is 48.5. The quantitative estimate of drug-likeness (QED) is 0.194. The molecule has 0 fully saturated rings. The van der Waals surface area contributed by atoms with Gasteiger partial charge in [0.25, 0.3) is 0 Å². The van der Waals surface area contributed by atoms with E-state index in [1.54, 1.807) is 42.5 Å². The van der Waals surface area contributed by atoms with Gasteiger partial charge in [-0.1, -0.05) is 54.7 Å². The van der Waals surface area contributed by atoms with E-state index in [9.17, 15) is 14.4 Å². The van der Waals surface area contributed by atoms with Crippen LogP contribution in [0.5, 0.6) is 5.75 Å². The van der Waals surface area contributed by atoms with Gasteiger partial charge in [0.2, 0.25) is 0 Å². The fourth-order valence-corrected chi connectivity index (χ4v) is 4.33. The van der Waals surface area contributed by atoms with Gasteiger partial charge in [0.05, 0.1) is 38.5 Å². The standard InChI is InChI=1S/C12H17ClN2O2.C10H13ClN2O3.C9H10BrClN2O2/c1-8(2)10-6-5-9(7-11(10)13)14-12(16)15(3)17-4;1-13(16-3)10(14)12-7-4-5-9(15-2)8(11)6-7;1-13(15-2)9(14)12-6-3-4-7(10)8(11)5-6/h5-8H,1-4H3,(H,14,16);4-6H,1-3H3,(H,12,14);3-5H,1-2H3,(H,12,14). The van der Waals surface area contributed by atoms with Gasteiger partial charge in [-0.05, 0) is 75.9 Å². The first-order chi connectivity index (χ1) is 22.6. The third-order valence-electron chi connectivity index (χ3n) is 6.13. The lowest BCUT2D eigenvalue weighted by Crippen LogP contribution is -2.30. The van der Waals surface area contributed by atoms with Crippen LogP contribution in [0.15, 0.2) is 59.1 Å². The van der Waals surface area contributed by atoms with Crippen LogP contribution in [0.25, 0.3) is 0 Å². The van der Waals surface area contributed by atoms with E-state index >= 15 is 0 Å². The number of methoxy groups -OCH3 is 1. The number of benzene rings is 3. The van der Waals surface area contributed by atoms with Gasteiger partial charge in [0.15, 0.2) is 0 Å². The molecule has 0 saturated heterocycles. The number of anilines is 3. The van der Waals surface area contributed by atoms with Crippen molar-refractivity contribution in [2.24, 2.45) is 0 Å². The Kier molecular flexibility index (Phi) is 19.0. The molecule has 0 saturated carbocycles. The summed E-state index contributed by atoms with van der Waals surface area (Å²) in [5.74, 6) is 0.911. The second-order valence-electron chi connectivity index (χ2n) is 9.70. The van der Waals surface area contributed by atoms with Gasteiger partial charge in [0.1, 0.15) is 5.75 Å². The SMILES string of the molecule is CON(C)C(=O)Nc1ccc(Br)c(Cl)c1.CON(C)C(=O)Nc1ccc(C(C)C)c(Cl)c1.COc1ccc(NC(=O)N(C)OC)cc1Cl. The summed E-state index contributed by atoms with van der Waals surface area (Å²) in [6.07, 6.45) is 0. The number of hydrogen-bond donors (Lipinski definition) is 3. The largest absolute Gasteiger partial charge is 0.495 e. The minimum atomic E-state index is -0.385. The van der Waals surface area contributed by atoms with Crippen LogP contribution in [0.3, 0.4) is 0 Å². The number of nitrogens with zero attached hydrogens (tertiary/aromatic N) is 3. The highest BCUT2D eigenvalue weighted by Gasteiger charge is 2.12. The molecule has 264 valence electrons. The number of nitrogens with one attached hydrogen (secondary N) is 3. The minimum Gasteiger partial charge on any atom is -0.495 e. The highest BCUT2D eigenvalue weighted by molar-refractivity contribution is 9.10. The molecule has 3 N–H and O–H groups in total. The molecule has 0 bridgehead atoms. The molecule has 0 atom stereocenters. The Bertz CT molecular complexity index is 1520. The number of halogens is 4. The lowest BCUT2D eigenvalue weighted by molar-refractivity contribution is -0.0598. The van der Waals surface area contributed by atoms with Crippen molar-refractivity contribution in [3.63, 3.8) is 0 Å². The Balaban J connectivity index is 0.000000361. The first kappa shape index (κ1) is 42.5. The van der Waals surface area contributed by atoms with Crippen LogP contribution < -0.4 is 20.7 Å². The van der Waals surface area contributed by atoms with E-state index in [0.717, 1.165) is 25.2 Å². The van der Waals surface area contributed by atoms with E-state index in [-0.39, 0.29) is 18.1 Å². The Morgan fingerprint density at radius 2 is 1.00 bits per heavy atom. The summed E-state index contributed by atoms with van der Waals surface area (Å²) in [7, 11) is 10.3. The average molecular weight is 795 g/mol. The Hall–Kier alpha value is -3.50. The van der Waals surface area contributed by atoms with Crippen LogP contribution in [0.1, 0.15) is 25.3 Å². The van der Waals surface area contributed by atoms with Crippen molar-refractivity contribution < 1.29 is 33.6 Å². The zero-order valence-corrected chi connectivity index (χ0v) is 31.8. The second kappa shape index (κ2) is 21.5. The minimum absolute atomic E-state index is 0.346. The number of hydrogen-bond acceptors (Lipinski definition) is 7. The molecule has 0 aliphatic carbocycles. The number of ether oxygens (including phenoxy) is 1. The molecule has 0 aliphatic rings. The summed E-state index contributed by atoms with van der Waals surface area (Å²) in [6.45, 7) is 4.14. The highest BCUT2D eigenvalue weighted by Crippen LogP contribution is 2.28. The summed E-state index contributed by atoms with van der Waals surface area (Å²) in [6, 6.07) is 14.5. The molecular formula is C31H40BrCl3N6O7. The van der Waals surface area contributed by atoms with Crippen molar-refractivity contribution in [2.45, 2.75) is 19.8 Å². The Labute approximate surface area is 304 Å². The maximum absolute atomic E-state index is 11.5. The third-order valence-corrected chi connectivity index (χ3v) is 7.98. The number of carbonyl (C=O) groups excluding carboxylic acids is 3. The van der Waals surface area contributed by atoms with Crippen molar-refractivity contribution in [2.75, 3.05) is 65.5 Å². The van der Waals surface area contributed by atoms with Crippen LogP contribution in [0.4, 0.5) is 31.4 Å². The molecule has 17 heteroatoms. The fraction of sp³-hybridized carbons (Fsp3) is 0.323. The molecule has 0 aliphatic heterocycles. The van der Waals surface area contributed by atoms with Crippen molar-refractivity contribution in [3.05, 3.63) is 79.7 Å². The molecule has 0 spiro atoms. The zero-order chi connectivity index (χ0) is 36.6. The van der Waals surface area contributed by atoms with E-state index in [1.165, 1.54) is 49.6 Å². The van der Waals surface area contributed by atoms with Crippen LogP contribution >= 0.6 is 50.7 Å². The van der Waals surface area contributed by atoms with Gasteiger partial charge in [-0.2, -0.15) is 0 Å². The molecule has 0 radical (unpaired) electrons. The van der Waals surface area contributed by atoms with Crippen LogP contribution in [-0.2, 0) is 14.5 Å². The van der Waals surface area contributed by atoms with Gasteiger partial charge in [-0.3, -0.25) is 14.5 Å². The molecular weight excluding hydrogens is 755 g/mol. The maximum atomic E-state index is 11.5. The molecule has 6 amide bonds. The van der Waals surface area contributed by atoms with Crippen molar-refractivity contribution in [1.82, 2.24) is 15.2 Å². The predicted octanol–water partition coefficient (Wildman–Crippen LogP) is 8.99. The van der Waals surface area contributed by atoms with Crippen molar-refractivity contribution in [1.29, 1.82) is 0 Å². The van der Waals surface area contributed by atoms with Gasteiger partial charge in [-0.15, -0.1) is 0 Å². The number of rotatable bonds is 8. The highest BCUT2D eigenvalue weighted by atomic mass is 79.9. The zero-order valence-electron chi connectivity index (χ0n) is 28.0. The molecule has 3 aromatic carbocycles. The normalized spacial score (nSPS) is 10.0. The molecule has 48 heavy (non-hydrogen) atoms. The maximum Gasteiger partial charge on any atom is 0.345 e. The van der Waals surface area contributed by atoms with Crippen LogP contribution in [0.2, 0.25) is 15.1 Å². The van der Waals surface area contributed by atoms with Gasteiger partial charge < -0.3 is 20.7 Å².